The molecule has 0 fully saturated rings. The Hall–Kier alpha value is -2.54. The third-order valence-corrected chi connectivity index (χ3v) is 3.78. The van der Waals surface area contributed by atoms with Gasteiger partial charge in [0, 0.05) is 45.1 Å². The number of aryl methyl sites for hydroxylation is 1. The molecule has 0 atom stereocenters. The Bertz CT molecular complexity index is 689. The molecule has 2 rings (SSSR count). The molecule has 2 aromatic heterocycles. The highest BCUT2D eigenvalue weighted by Gasteiger charge is 2.12. The summed E-state index contributed by atoms with van der Waals surface area (Å²) in [6.45, 7) is 3.97. The smallest absolute Gasteiger partial charge is 0.270 e. The molecule has 0 saturated heterocycles. The Kier molecular flexibility index (Phi) is 6.82. The molecule has 2 heterocycles. The summed E-state index contributed by atoms with van der Waals surface area (Å²) in [5.74, 6) is 1.17. The maximum absolute atomic E-state index is 12.3. The molecule has 0 bridgehead atoms. The molecule has 0 unspecified atom stereocenters. The summed E-state index contributed by atoms with van der Waals surface area (Å²) >= 11 is 0. The van der Waals surface area contributed by atoms with Crippen LogP contribution < -0.4 is 10.2 Å². The van der Waals surface area contributed by atoms with Crippen LogP contribution in [0, 0.1) is 6.92 Å². The highest BCUT2D eigenvalue weighted by Crippen LogP contribution is 2.12. The van der Waals surface area contributed by atoms with Crippen LogP contribution in [0.2, 0.25) is 0 Å². The molecular formula is C18H26N6O. The van der Waals surface area contributed by atoms with Crippen LogP contribution in [0.4, 0.5) is 5.82 Å². The number of pyridine rings is 1. The van der Waals surface area contributed by atoms with E-state index >= 15 is 0 Å². The zero-order valence-electron chi connectivity index (χ0n) is 15.4. The number of rotatable bonds is 8. The molecule has 0 aliphatic heterocycles. The monoisotopic (exact) mass is 342 g/mol. The van der Waals surface area contributed by atoms with E-state index in [4.69, 9.17) is 0 Å². The van der Waals surface area contributed by atoms with Crippen LogP contribution >= 0.6 is 0 Å². The quantitative estimate of drug-likeness (QED) is 0.776. The molecule has 0 aliphatic rings. The maximum atomic E-state index is 12.3. The fourth-order valence-corrected chi connectivity index (χ4v) is 2.31. The Morgan fingerprint density at radius 2 is 1.84 bits per heavy atom. The van der Waals surface area contributed by atoms with E-state index in [9.17, 15) is 4.79 Å². The minimum atomic E-state index is -0.170. The first kappa shape index (κ1) is 18.8. The van der Waals surface area contributed by atoms with Crippen LogP contribution in [-0.2, 0) is 6.42 Å². The van der Waals surface area contributed by atoms with Crippen molar-refractivity contribution in [2.45, 2.75) is 13.3 Å². The molecule has 1 amide bonds. The zero-order valence-corrected chi connectivity index (χ0v) is 15.4. The largest absolute Gasteiger partial charge is 0.359 e. The number of carbonyl (C=O) groups excluding carboxylic acids is 1. The van der Waals surface area contributed by atoms with E-state index in [1.54, 1.807) is 25.4 Å². The number of aromatic nitrogens is 3. The molecule has 0 radical (unpaired) electrons. The second-order valence-electron chi connectivity index (χ2n) is 6.24. The highest BCUT2D eigenvalue weighted by atomic mass is 16.1. The lowest BCUT2D eigenvalue weighted by Crippen LogP contribution is -2.32. The fraction of sp³-hybridized carbons (Fsp3) is 0.444. The Labute approximate surface area is 149 Å². The summed E-state index contributed by atoms with van der Waals surface area (Å²) in [6, 6.07) is 5.75. The summed E-state index contributed by atoms with van der Waals surface area (Å²) in [6.07, 6.45) is 4.47. The first-order valence-electron chi connectivity index (χ1n) is 8.34. The van der Waals surface area contributed by atoms with E-state index in [1.807, 2.05) is 43.1 Å². The number of likely N-dealkylation sites (N-methyl/N-ethyl adjacent to an activating group) is 2. The lowest BCUT2D eigenvalue weighted by Gasteiger charge is -2.19. The second-order valence-corrected chi connectivity index (χ2v) is 6.24. The van der Waals surface area contributed by atoms with Crippen LogP contribution in [-0.4, -0.2) is 66.5 Å². The second kappa shape index (κ2) is 9.08. The van der Waals surface area contributed by atoms with E-state index in [2.05, 4.69) is 20.3 Å². The van der Waals surface area contributed by atoms with Gasteiger partial charge in [-0.3, -0.25) is 9.78 Å². The van der Waals surface area contributed by atoms with Crippen molar-refractivity contribution in [3.63, 3.8) is 0 Å². The van der Waals surface area contributed by atoms with Gasteiger partial charge >= 0.3 is 0 Å². The van der Waals surface area contributed by atoms with Gasteiger partial charge in [-0.1, -0.05) is 0 Å². The van der Waals surface area contributed by atoms with Gasteiger partial charge in [0.15, 0.2) is 0 Å². The van der Waals surface area contributed by atoms with Crippen molar-refractivity contribution >= 4 is 11.7 Å². The van der Waals surface area contributed by atoms with Gasteiger partial charge in [-0.2, -0.15) is 0 Å². The zero-order chi connectivity index (χ0) is 18.2. The number of amides is 1. The molecule has 7 nitrogen and oxygen atoms in total. The summed E-state index contributed by atoms with van der Waals surface area (Å²) in [7, 11) is 5.91. The molecule has 0 spiro atoms. The molecule has 7 heteroatoms. The van der Waals surface area contributed by atoms with Gasteiger partial charge < -0.3 is 15.1 Å². The van der Waals surface area contributed by atoms with Crippen molar-refractivity contribution < 1.29 is 4.79 Å². The summed E-state index contributed by atoms with van der Waals surface area (Å²) in [5.41, 5.74) is 1.62. The standard InChI is InChI=1S/C18H26N6O/c1-14-21-16(18(25)20-10-12-23(2)3)13-17(22-14)24(4)11-7-15-5-8-19-9-6-15/h5-6,8-9,13H,7,10-12H2,1-4H3,(H,20,25). The predicted molar refractivity (Wildman–Crippen MR) is 98.9 cm³/mol. The lowest BCUT2D eigenvalue weighted by atomic mass is 10.2. The van der Waals surface area contributed by atoms with Gasteiger partial charge in [-0.25, -0.2) is 9.97 Å². The fourth-order valence-electron chi connectivity index (χ4n) is 2.31. The number of nitrogens with zero attached hydrogens (tertiary/aromatic N) is 5. The number of nitrogens with one attached hydrogen (secondary N) is 1. The molecule has 134 valence electrons. The van der Waals surface area contributed by atoms with E-state index in [0.29, 0.717) is 18.1 Å². The van der Waals surface area contributed by atoms with Crippen molar-refractivity contribution in [3.8, 4) is 0 Å². The van der Waals surface area contributed by atoms with Gasteiger partial charge in [0.1, 0.15) is 17.3 Å². The Balaban J connectivity index is 2.00. The van der Waals surface area contributed by atoms with Crippen molar-refractivity contribution in [3.05, 3.63) is 47.7 Å². The number of carbonyl (C=O) groups is 1. The van der Waals surface area contributed by atoms with Gasteiger partial charge in [-0.15, -0.1) is 0 Å². The Morgan fingerprint density at radius 1 is 1.12 bits per heavy atom. The average molecular weight is 342 g/mol. The van der Waals surface area contributed by atoms with Crippen molar-refractivity contribution in [2.75, 3.05) is 45.7 Å². The van der Waals surface area contributed by atoms with Gasteiger partial charge in [0.05, 0.1) is 0 Å². The number of anilines is 1. The third-order valence-electron chi connectivity index (χ3n) is 3.78. The van der Waals surface area contributed by atoms with Crippen LogP contribution in [0.3, 0.4) is 0 Å². The van der Waals surface area contributed by atoms with Crippen LogP contribution in [0.5, 0.6) is 0 Å². The van der Waals surface area contributed by atoms with Gasteiger partial charge in [0.2, 0.25) is 0 Å². The normalized spacial score (nSPS) is 10.8. The SMILES string of the molecule is Cc1nc(C(=O)NCCN(C)C)cc(N(C)CCc2ccncc2)n1. The first-order chi connectivity index (χ1) is 12.0. The average Bonchev–Trinajstić information content (AvgIpc) is 2.59. The van der Waals surface area contributed by atoms with E-state index in [0.717, 1.165) is 25.3 Å². The van der Waals surface area contributed by atoms with Crippen LogP contribution in [0.1, 0.15) is 21.9 Å². The first-order valence-corrected chi connectivity index (χ1v) is 8.34. The van der Waals surface area contributed by atoms with E-state index in [1.165, 1.54) is 5.56 Å². The lowest BCUT2D eigenvalue weighted by molar-refractivity contribution is 0.0945. The molecular weight excluding hydrogens is 316 g/mol. The topological polar surface area (TPSA) is 74.2 Å². The Morgan fingerprint density at radius 3 is 2.52 bits per heavy atom. The predicted octanol–water partition coefficient (Wildman–Crippen LogP) is 1.15. The van der Waals surface area contributed by atoms with Crippen LogP contribution in [0.15, 0.2) is 30.6 Å². The van der Waals surface area contributed by atoms with Crippen LogP contribution in [0.25, 0.3) is 0 Å². The highest BCUT2D eigenvalue weighted by molar-refractivity contribution is 5.92. The van der Waals surface area contributed by atoms with Crippen molar-refractivity contribution in [2.24, 2.45) is 0 Å². The molecule has 0 aliphatic carbocycles. The van der Waals surface area contributed by atoms with Gasteiger partial charge in [0.25, 0.3) is 5.91 Å². The summed E-state index contributed by atoms with van der Waals surface area (Å²) in [5, 5.41) is 2.89. The molecule has 25 heavy (non-hydrogen) atoms. The number of hydrogen-bond acceptors (Lipinski definition) is 6. The maximum Gasteiger partial charge on any atom is 0.270 e. The minimum Gasteiger partial charge on any atom is -0.359 e. The molecule has 0 saturated carbocycles. The summed E-state index contributed by atoms with van der Waals surface area (Å²) in [4.78, 5) is 29.1. The van der Waals surface area contributed by atoms with E-state index < -0.39 is 0 Å². The summed E-state index contributed by atoms with van der Waals surface area (Å²) < 4.78 is 0. The van der Waals surface area contributed by atoms with E-state index in [-0.39, 0.29) is 5.91 Å². The number of hydrogen-bond donors (Lipinski definition) is 1. The molecule has 2 aromatic rings. The minimum absolute atomic E-state index is 0.170. The molecule has 1 N–H and O–H groups in total. The van der Waals surface area contributed by atoms with Crippen molar-refractivity contribution in [1.82, 2.24) is 25.2 Å². The third kappa shape index (κ3) is 6.11. The molecule has 0 aromatic carbocycles. The van der Waals surface area contributed by atoms with Crippen molar-refractivity contribution in [1.29, 1.82) is 0 Å². The van der Waals surface area contributed by atoms with Gasteiger partial charge in [-0.05, 0) is 45.1 Å².